The number of nitrogens with zero attached hydrogens (tertiary/aromatic N) is 1. The van der Waals surface area contributed by atoms with Crippen LogP contribution < -0.4 is 0 Å². The molecule has 0 aromatic carbocycles. The van der Waals surface area contributed by atoms with Crippen LogP contribution in [0.2, 0.25) is 0 Å². The molecular weight excluding hydrogens is 160 g/mol. The molecule has 3 heteroatoms. The van der Waals surface area contributed by atoms with Crippen LogP contribution >= 0.6 is 0 Å². The van der Waals surface area contributed by atoms with E-state index < -0.39 is 12.5 Å². The first-order valence-electron chi connectivity index (χ1n) is 4.43. The van der Waals surface area contributed by atoms with Gasteiger partial charge in [0.15, 0.2) is 0 Å². The van der Waals surface area contributed by atoms with E-state index in [9.17, 15) is 8.78 Å². The van der Waals surface area contributed by atoms with Crippen LogP contribution in [-0.4, -0.2) is 29.5 Å². The third-order valence-electron chi connectivity index (χ3n) is 2.03. The summed E-state index contributed by atoms with van der Waals surface area (Å²) in [5.41, 5.74) is 0. The van der Waals surface area contributed by atoms with Crippen LogP contribution in [0.25, 0.3) is 0 Å². The first-order chi connectivity index (χ1) is 5.37. The van der Waals surface area contributed by atoms with Crippen molar-refractivity contribution in [2.75, 3.05) is 0 Å². The molecule has 1 atom stereocenters. The van der Waals surface area contributed by atoms with Crippen molar-refractivity contribution in [3.63, 3.8) is 0 Å². The summed E-state index contributed by atoms with van der Waals surface area (Å²) in [6, 6.07) is -0.298. The Kier molecular flexibility index (Phi) is 4.68. The summed E-state index contributed by atoms with van der Waals surface area (Å²) in [6.07, 6.45) is -2.25. The van der Waals surface area contributed by atoms with Gasteiger partial charge >= 0.3 is 0 Å². The zero-order valence-electron chi connectivity index (χ0n) is 8.51. The second-order valence-corrected chi connectivity index (χ2v) is 3.71. The van der Waals surface area contributed by atoms with E-state index >= 15 is 0 Å². The largest absolute Gasteiger partial charge is 0.290 e. The maximum atomic E-state index is 12.4. The number of hydrogen-bond acceptors (Lipinski definition) is 1. The lowest BCUT2D eigenvalue weighted by molar-refractivity contribution is 0.00217. The molecule has 0 aliphatic heterocycles. The van der Waals surface area contributed by atoms with E-state index in [1.807, 2.05) is 32.6 Å². The zero-order valence-corrected chi connectivity index (χ0v) is 8.51. The SMILES string of the molecule is CC(C)N(C(C)C)C(C)C(F)F. The summed E-state index contributed by atoms with van der Waals surface area (Å²) in [6.45, 7) is 9.35. The van der Waals surface area contributed by atoms with Crippen LogP contribution in [0.1, 0.15) is 34.6 Å². The van der Waals surface area contributed by atoms with Crippen molar-refractivity contribution in [3.8, 4) is 0 Å². The molecule has 1 unspecified atom stereocenters. The van der Waals surface area contributed by atoms with Crippen molar-refractivity contribution in [2.45, 2.75) is 59.2 Å². The second kappa shape index (κ2) is 4.75. The predicted molar refractivity (Wildman–Crippen MR) is 47.6 cm³/mol. The number of alkyl halides is 2. The molecule has 0 fully saturated rings. The van der Waals surface area contributed by atoms with E-state index in [-0.39, 0.29) is 12.1 Å². The molecule has 0 bridgehead atoms. The minimum atomic E-state index is -2.25. The molecule has 0 amide bonds. The third kappa shape index (κ3) is 3.05. The van der Waals surface area contributed by atoms with Gasteiger partial charge < -0.3 is 0 Å². The molecular formula is C9H19F2N. The van der Waals surface area contributed by atoms with Crippen LogP contribution in [0.3, 0.4) is 0 Å². The van der Waals surface area contributed by atoms with Gasteiger partial charge in [0.05, 0.1) is 6.04 Å². The van der Waals surface area contributed by atoms with Crippen LogP contribution in [-0.2, 0) is 0 Å². The van der Waals surface area contributed by atoms with E-state index in [2.05, 4.69) is 0 Å². The molecule has 0 spiro atoms. The number of hydrogen-bond donors (Lipinski definition) is 0. The summed E-state index contributed by atoms with van der Waals surface area (Å²) in [5, 5.41) is 0. The maximum Gasteiger partial charge on any atom is 0.253 e. The Balaban J connectivity index is 4.30. The lowest BCUT2D eigenvalue weighted by atomic mass is 10.1. The Morgan fingerprint density at radius 3 is 1.25 bits per heavy atom. The van der Waals surface area contributed by atoms with Crippen molar-refractivity contribution in [3.05, 3.63) is 0 Å². The van der Waals surface area contributed by atoms with Crippen LogP contribution in [0.15, 0.2) is 0 Å². The summed E-state index contributed by atoms with van der Waals surface area (Å²) in [5.74, 6) is 0. The Morgan fingerprint density at radius 2 is 1.17 bits per heavy atom. The van der Waals surface area contributed by atoms with Gasteiger partial charge in [0.1, 0.15) is 0 Å². The minimum Gasteiger partial charge on any atom is -0.290 e. The van der Waals surface area contributed by atoms with Crippen LogP contribution in [0.4, 0.5) is 8.78 Å². The molecule has 0 aliphatic rings. The van der Waals surface area contributed by atoms with Gasteiger partial charge in [0, 0.05) is 12.1 Å². The second-order valence-electron chi connectivity index (χ2n) is 3.71. The van der Waals surface area contributed by atoms with Crippen LogP contribution in [0.5, 0.6) is 0 Å². The molecule has 0 saturated heterocycles. The molecule has 0 N–H and O–H groups in total. The Morgan fingerprint density at radius 1 is 0.833 bits per heavy atom. The fraction of sp³-hybridized carbons (Fsp3) is 1.00. The summed E-state index contributed by atoms with van der Waals surface area (Å²) < 4.78 is 24.7. The lowest BCUT2D eigenvalue weighted by Gasteiger charge is -2.35. The quantitative estimate of drug-likeness (QED) is 0.641. The molecule has 0 rings (SSSR count). The monoisotopic (exact) mass is 179 g/mol. The van der Waals surface area contributed by atoms with Crippen molar-refractivity contribution in [1.29, 1.82) is 0 Å². The fourth-order valence-corrected chi connectivity index (χ4v) is 1.67. The highest BCUT2D eigenvalue weighted by Gasteiger charge is 2.26. The predicted octanol–water partition coefficient (Wildman–Crippen LogP) is 2.76. The van der Waals surface area contributed by atoms with Gasteiger partial charge in [-0.25, -0.2) is 8.78 Å². The van der Waals surface area contributed by atoms with Gasteiger partial charge in [-0.05, 0) is 34.6 Å². The summed E-state index contributed by atoms with van der Waals surface area (Å²) in [4.78, 5) is 1.82. The van der Waals surface area contributed by atoms with Gasteiger partial charge in [0.2, 0.25) is 0 Å². The van der Waals surface area contributed by atoms with E-state index in [0.717, 1.165) is 0 Å². The summed E-state index contributed by atoms with van der Waals surface area (Å²) in [7, 11) is 0. The van der Waals surface area contributed by atoms with E-state index in [1.54, 1.807) is 6.92 Å². The standard InChI is InChI=1S/C9H19F2N/c1-6(2)12(7(3)4)8(5)9(10)11/h6-9H,1-5H3. The van der Waals surface area contributed by atoms with Crippen molar-refractivity contribution >= 4 is 0 Å². The minimum absolute atomic E-state index is 0.175. The van der Waals surface area contributed by atoms with Crippen molar-refractivity contribution < 1.29 is 8.78 Å². The molecule has 0 aromatic heterocycles. The number of halogens is 2. The highest BCUT2D eigenvalue weighted by Crippen LogP contribution is 2.15. The molecule has 0 saturated carbocycles. The van der Waals surface area contributed by atoms with E-state index in [4.69, 9.17) is 0 Å². The molecule has 0 heterocycles. The average Bonchev–Trinajstić information content (AvgIpc) is 1.85. The van der Waals surface area contributed by atoms with Gasteiger partial charge in [-0.1, -0.05) is 0 Å². The third-order valence-corrected chi connectivity index (χ3v) is 2.03. The molecule has 0 aromatic rings. The van der Waals surface area contributed by atoms with Crippen LogP contribution in [0, 0.1) is 0 Å². The van der Waals surface area contributed by atoms with Gasteiger partial charge in [-0.3, -0.25) is 4.90 Å². The van der Waals surface area contributed by atoms with Gasteiger partial charge in [0.25, 0.3) is 6.43 Å². The molecule has 0 aliphatic carbocycles. The van der Waals surface area contributed by atoms with Gasteiger partial charge in [-0.2, -0.15) is 0 Å². The number of rotatable bonds is 4. The molecule has 12 heavy (non-hydrogen) atoms. The first-order valence-corrected chi connectivity index (χ1v) is 4.43. The average molecular weight is 179 g/mol. The highest BCUT2D eigenvalue weighted by atomic mass is 19.3. The fourth-order valence-electron chi connectivity index (χ4n) is 1.67. The van der Waals surface area contributed by atoms with E-state index in [0.29, 0.717) is 0 Å². The first kappa shape index (κ1) is 11.8. The molecule has 1 nitrogen and oxygen atoms in total. The zero-order chi connectivity index (χ0) is 9.89. The Bertz CT molecular complexity index is 116. The van der Waals surface area contributed by atoms with E-state index in [1.165, 1.54) is 0 Å². The van der Waals surface area contributed by atoms with Gasteiger partial charge in [-0.15, -0.1) is 0 Å². The Hall–Kier alpha value is -0.180. The Labute approximate surface area is 73.7 Å². The van der Waals surface area contributed by atoms with Crippen molar-refractivity contribution in [2.24, 2.45) is 0 Å². The maximum absolute atomic E-state index is 12.4. The van der Waals surface area contributed by atoms with Crippen molar-refractivity contribution in [1.82, 2.24) is 4.90 Å². The topological polar surface area (TPSA) is 3.24 Å². The lowest BCUT2D eigenvalue weighted by Crippen LogP contribution is -2.46. The smallest absolute Gasteiger partial charge is 0.253 e. The normalized spacial score (nSPS) is 15.2. The molecule has 74 valence electrons. The highest BCUT2D eigenvalue weighted by molar-refractivity contribution is 4.75. The summed E-state index contributed by atoms with van der Waals surface area (Å²) >= 11 is 0. The molecule has 0 radical (unpaired) electrons.